The molecule has 1 aliphatic rings. The minimum atomic E-state index is -0.262. The van der Waals surface area contributed by atoms with Crippen molar-refractivity contribution in [2.24, 2.45) is 5.10 Å². The Morgan fingerprint density at radius 2 is 1.83 bits per heavy atom. The van der Waals surface area contributed by atoms with Crippen LogP contribution in [-0.4, -0.2) is 52.9 Å². The van der Waals surface area contributed by atoms with Gasteiger partial charge < -0.3 is 14.8 Å². The number of ether oxygens (including phenoxy) is 2. The number of nitrogens with zero attached hydrogens (tertiary/aromatic N) is 3. The maximum Gasteiger partial charge on any atom is 0.302 e. The van der Waals surface area contributed by atoms with Crippen LogP contribution >= 0.6 is 11.8 Å². The summed E-state index contributed by atoms with van der Waals surface area (Å²) in [4.78, 5) is 29.1. The first-order valence-electron chi connectivity index (χ1n) is 11.6. The van der Waals surface area contributed by atoms with Crippen LogP contribution in [0.5, 0.6) is 11.5 Å². The highest BCUT2D eigenvalue weighted by Gasteiger charge is 2.30. The van der Waals surface area contributed by atoms with Gasteiger partial charge in [-0.15, -0.1) is 0 Å². The van der Waals surface area contributed by atoms with Crippen molar-refractivity contribution >= 4 is 34.3 Å². The zero-order chi connectivity index (χ0) is 25.5. The summed E-state index contributed by atoms with van der Waals surface area (Å²) in [5.74, 6) is 1.00. The van der Waals surface area contributed by atoms with E-state index in [-0.39, 0.29) is 16.4 Å². The molecule has 1 unspecified atom stereocenters. The van der Waals surface area contributed by atoms with Crippen LogP contribution in [0.4, 0.5) is 10.5 Å². The first-order valence-corrected chi connectivity index (χ1v) is 12.5. The second-order valence-corrected chi connectivity index (χ2v) is 9.23. The molecule has 3 aromatic rings. The fraction of sp³-hybridized carbons (Fsp3) is 0.259. The molecule has 0 spiro atoms. The van der Waals surface area contributed by atoms with Gasteiger partial charge in [0, 0.05) is 24.0 Å². The summed E-state index contributed by atoms with van der Waals surface area (Å²) in [6.07, 6.45) is 2.99. The van der Waals surface area contributed by atoms with E-state index in [4.69, 9.17) is 14.6 Å². The predicted octanol–water partition coefficient (Wildman–Crippen LogP) is 5.25. The zero-order valence-electron chi connectivity index (χ0n) is 20.4. The minimum Gasteiger partial charge on any atom is -0.493 e. The molecule has 2 aromatic carbocycles. The Balaban J connectivity index is 1.45. The average molecular weight is 505 g/mol. The number of pyridine rings is 1. The maximum absolute atomic E-state index is 12.8. The third-order valence-corrected chi connectivity index (χ3v) is 7.01. The summed E-state index contributed by atoms with van der Waals surface area (Å²) in [5, 5.41) is 9.01. The lowest BCUT2D eigenvalue weighted by Crippen LogP contribution is -2.36. The van der Waals surface area contributed by atoms with Crippen LogP contribution in [0.25, 0.3) is 0 Å². The molecule has 186 valence electrons. The van der Waals surface area contributed by atoms with Crippen molar-refractivity contribution < 1.29 is 19.1 Å². The van der Waals surface area contributed by atoms with Gasteiger partial charge in [-0.25, -0.2) is 5.01 Å². The Bertz CT molecular complexity index is 1250. The van der Waals surface area contributed by atoms with Crippen LogP contribution in [0.15, 0.2) is 72.0 Å². The van der Waals surface area contributed by atoms with Gasteiger partial charge in [0.2, 0.25) is 0 Å². The van der Waals surface area contributed by atoms with Crippen LogP contribution in [0.1, 0.15) is 35.0 Å². The van der Waals surface area contributed by atoms with E-state index in [1.165, 1.54) is 16.8 Å². The van der Waals surface area contributed by atoms with E-state index in [0.717, 1.165) is 23.3 Å². The Hall–Kier alpha value is -3.85. The van der Waals surface area contributed by atoms with Crippen molar-refractivity contribution in [3.05, 3.63) is 83.7 Å². The van der Waals surface area contributed by atoms with Crippen molar-refractivity contribution in [3.63, 3.8) is 0 Å². The van der Waals surface area contributed by atoms with Gasteiger partial charge in [0.1, 0.15) is 5.69 Å². The van der Waals surface area contributed by atoms with E-state index in [1.807, 2.05) is 49.4 Å². The molecular formula is C27H28N4O4S. The third-order valence-electron chi connectivity index (χ3n) is 5.76. The number of hydrazone groups is 1. The van der Waals surface area contributed by atoms with Gasteiger partial charge in [-0.3, -0.25) is 14.6 Å². The number of benzene rings is 2. The van der Waals surface area contributed by atoms with Crippen molar-refractivity contribution in [2.75, 3.05) is 26.1 Å². The Labute approximate surface area is 214 Å². The molecule has 0 bridgehead atoms. The molecule has 0 aliphatic carbocycles. The maximum atomic E-state index is 12.8. The molecule has 0 fully saturated rings. The molecule has 4 rings (SSSR count). The fourth-order valence-corrected chi connectivity index (χ4v) is 4.77. The van der Waals surface area contributed by atoms with Gasteiger partial charge in [-0.1, -0.05) is 36.9 Å². The molecule has 1 aromatic heterocycles. The predicted molar refractivity (Wildman–Crippen MR) is 142 cm³/mol. The highest BCUT2D eigenvalue weighted by atomic mass is 32.2. The SMILES string of the molecule is CCC1SC(=O)N(CCc2ccc(NC(=O)c3ccccn3)cc2)N=C1c1ccc(OC)c(OC)c1. The number of amides is 2. The average Bonchev–Trinajstić information content (AvgIpc) is 2.93. The monoisotopic (exact) mass is 504 g/mol. The molecule has 0 saturated carbocycles. The lowest BCUT2D eigenvalue weighted by atomic mass is 10.0. The minimum absolute atomic E-state index is 0.0335. The van der Waals surface area contributed by atoms with Crippen LogP contribution in [0, 0.1) is 0 Å². The zero-order valence-corrected chi connectivity index (χ0v) is 21.2. The van der Waals surface area contributed by atoms with E-state index >= 15 is 0 Å². The number of hydrogen-bond acceptors (Lipinski definition) is 7. The smallest absolute Gasteiger partial charge is 0.302 e. The second kappa shape index (κ2) is 11.7. The van der Waals surface area contributed by atoms with Crippen LogP contribution in [-0.2, 0) is 6.42 Å². The lowest BCUT2D eigenvalue weighted by molar-refractivity contribution is 0.102. The first kappa shape index (κ1) is 25.2. The Kier molecular flexibility index (Phi) is 8.22. The van der Waals surface area contributed by atoms with Gasteiger partial charge >= 0.3 is 5.24 Å². The quantitative estimate of drug-likeness (QED) is 0.428. The topological polar surface area (TPSA) is 93.1 Å². The van der Waals surface area contributed by atoms with E-state index in [2.05, 4.69) is 10.3 Å². The Morgan fingerprint density at radius 1 is 1.06 bits per heavy atom. The van der Waals surface area contributed by atoms with Gasteiger partial charge in [-0.2, -0.15) is 5.10 Å². The Morgan fingerprint density at radius 3 is 2.50 bits per heavy atom. The number of aromatic nitrogens is 1. The number of thioether (sulfide) groups is 1. The second-order valence-electron chi connectivity index (χ2n) is 8.07. The van der Waals surface area contributed by atoms with Gasteiger partial charge in [0.15, 0.2) is 11.5 Å². The molecule has 1 aliphatic heterocycles. The molecule has 0 radical (unpaired) electrons. The molecule has 2 heterocycles. The number of carbonyl (C=O) groups excluding carboxylic acids is 2. The number of nitrogens with one attached hydrogen (secondary N) is 1. The van der Waals surface area contributed by atoms with Crippen molar-refractivity contribution in [1.29, 1.82) is 0 Å². The highest BCUT2D eigenvalue weighted by molar-refractivity contribution is 8.14. The third kappa shape index (κ3) is 5.85. The van der Waals surface area contributed by atoms with Crippen molar-refractivity contribution in [3.8, 4) is 11.5 Å². The molecule has 1 N–H and O–H groups in total. The summed E-state index contributed by atoms with van der Waals surface area (Å²) in [5.41, 5.74) is 3.81. The first-order chi connectivity index (χ1) is 17.5. The number of methoxy groups -OCH3 is 2. The summed E-state index contributed by atoms with van der Waals surface area (Å²) in [6.45, 7) is 2.49. The van der Waals surface area contributed by atoms with Crippen molar-refractivity contribution in [1.82, 2.24) is 9.99 Å². The highest BCUT2D eigenvalue weighted by Crippen LogP contribution is 2.33. The van der Waals surface area contributed by atoms with Crippen LogP contribution in [0.3, 0.4) is 0 Å². The fourth-order valence-electron chi connectivity index (χ4n) is 3.81. The molecule has 8 nitrogen and oxygen atoms in total. The van der Waals surface area contributed by atoms with E-state index < -0.39 is 0 Å². The molecule has 36 heavy (non-hydrogen) atoms. The van der Waals surface area contributed by atoms with E-state index in [9.17, 15) is 9.59 Å². The summed E-state index contributed by atoms with van der Waals surface area (Å²) >= 11 is 1.29. The number of carbonyl (C=O) groups is 2. The standard InChI is InChI=1S/C27H28N4O4S/c1-4-24-25(19-10-13-22(34-2)23(17-19)35-3)30-31(27(33)36-24)16-14-18-8-11-20(12-9-18)29-26(32)21-7-5-6-15-28-21/h5-13,15,17,24H,4,14,16H2,1-3H3,(H,29,32). The summed E-state index contributed by atoms with van der Waals surface area (Å²) in [6, 6.07) is 18.4. The molecule has 2 amide bonds. The normalized spacial score (nSPS) is 15.3. The van der Waals surface area contributed by atoms with Gasteiger partial charge in [0.05, 0.1) is 25.2 Å². The van der Waals surface area contributed by atoms with Gasteiger partial charge in [-0.05, 0) is 60.9 Å². The lowest BCUT2D eigenvalue weighted by Gasteiger charge is -2.28. The molecular weight excluding hydrogens is 476 g/mol. The number of hydrogen-bond donors (Lipinski definition) is 1. The van der Waals surface area contributed by atoms with Gasteiger partial charge in [0.25, 0.3) is 5.91 Å². The summed E-state index contributed by atoms with van der Waals surface area (Å²) < 4.78 is 10.8. The van der Waals surface area contributed by atoms with Crippen LogP contribution < -0.4 is 14.8 Å². The number of anilines is 1. The largest absolute Gasteiger partial charge is 0.493 e. The number of rotatable bonds is 9. The molecule has 1 atom stereocenters. The molecule has 9 heteroatoms. The van der Waals surface area contributed by atoms with E-state index in [1.54, 1.807) is 38.6 Å². The van der Waals surface area contributed by atoms with E-state index in [0.29, 0.717) is 35.8 Å². The summed E-state index contributed by atoms with van der Waals surface area (Å²) in [7, 11) is 3.20. The van der Waals surface area contributed by atoms with Crippen LogP contribution in [0.2, 0.25) is 0 Å². The van der Waals surface area contributed by atoms with Crippen molar-refractivity contribution in [2.45, 2.75) is 25.0 Å². The molecule has 0 saturated heterocycles.